The summed E-state index contributed by atoms with van der Waals surface area (Å²) in [5.41, 5.74) is 1.60. The van der Waals surface area contributed by atoms with Gasteiger partial charge in [0.15, 0.2) is 0 Å². The second-order valence-corrected chi connectivity index (χ2v) is 3.54. The second-order valence-electron chi connectivity index (χ2n) is 3.54. The molecule has 4 radical (unpaired) electrons. The fourth-order valence-electron chi connectivity index (χ4n) is 0.860. The largest absolute Gasteiger partial charge is 0.184 e. The maximum atomic E-state index is 3.07. The van der Waals surface area contributed by atoms with E-state index in [0.29, 0.717) is 0 Å². The van der Waals surface area contributed by atoms with Crippen molar-refractivity contribution < 1.29 is 131 Å². The van der Waals surface area contributed by atoms with Crippen LogP contribution >= 0.6 is 0 Å². The molecule has 0 fully saturated rings. The summed E-state index contributed by atoms with van der Waals surface area (Å²) >= 11 is 0. The van der Waals surface area contributed by atoms with Crippen molar-refractivity contribution >= 4 is 0 Å². The first kappa shape index (κ1) is 26.2. The molecule has 0 aliphatic carbocycles. The van der Waals surface area contributed by atoms with Crippen molar-refractivity contribution in [3.05, 3.63) is 35.9 Å². The molecule has 14 heavy (non-hydrogen) atoms. The maximum Gasteiger partial charge on any atom is 0 e. The molecule has 0 nitrogen and oxygen atoms in total. The van der Waals surface area contributed by atoms with Gasteiger partial charge in [-0.25, -0.2) is 0 Å². The first-order valence-corrected chi connectivity index (χ1v) is 3.57. The zero-order valence-corrected chi connectivity index (χ0v) is 20.5. The summed E-state index contributed by atoms with van der Waals surface area (Å²) in [7, 11) is 0. The van der Waals surface area contributed by atoms with Gasteiger partial charge in [0.25, 0.3) is 0 Å². The molecular weight excluding hydrogens is 476 g/mol. The van der Waals surface area contributed by atoms with Gasteiger partial charge in [-0.3, -0.25) is 0 Å². The zero-order chi connectivity index (χ0) is 7.61. The van der Waals surface area contributed by atoms with E-state index in [-0.39, 0.29) is 136 Å². The van der Waals surface area contributed by atoms with Crippen LogP contribution in [0.4, 0.5) is 0 Å². The van der Waals surface area contributed by atoms with Gasteiger partial charge in [0.05, 0.1) is 0 Å². The quantitative estimate of drug-likeness (QED) is 0.493. The molecule has 1 aromatic rings. The third kappa shape index (κ3) is 10.8. The second kappa shape index (κ2) is 13.1. The molecule has 0 amide bonds. The Morgan fingerprint density at radius 3 is 1.71 bits per heavy atom. The van der Waals surface area contributed by atoms with Crippen molar-refractivity contribution in [2.45, 2.75) is 26.2 Å². The van der Waals surface area contributed by atoms with Gasteiger partial charge >= 0.3 is 0 Å². The molecule has 0 saturated heterocycles. The van der Waals surface area contributed by atoms with E-state index in [9.17, 15) is 0 Å². The topological polar surface area (TPSA) is 0 Å². The predicted octanol–water partition coefficient (Wildman–Crippen LogP) is 2.77. The fourth-order valence-corrected chi connectivity index (χ4v) is 0.860. The first-order valence-electron chi connectivity index (χ1n) is 3.57. The smallest absolute Gasteiger partial charge is 0 e. The Kier molecular flexibility index (Phi) is 24.5. The fraction of sp³-hybridized carbons (Fsp3) is 0.400. The number of benzene rings is 1. The molecule has 0 N–H and O–H groups in total. The van der Waals surface area contributed by atoms with E-state index in [1.165, 1.54) is 5.56 Å². The average Bonchev–Trinajstić information content (AvgIpc) is 1.88. The van der Waals surface area contributed by atoms with Crippen LogP contribution in [-0.2, 0) is 136 Å². The van der Waals surface area contributed by atoms with Crippen LogP contribution in [0, 0.1) is 6.07 Å². The van der Waals surface area contributed by atoms with E-state index >= 15 is 0 Å². The third-order valence-electron chi connectivity index (χ3n) is 1.57. The molecule has 1 rings (SSSR count). The van der Waals surface area contributed by atoms with Crippen molar-refractivity contribution in [1.82, 2.24) is 0 Å². The molecular formula is C10H13Y4-. The monoisotopic (exact) mass is 489 g/mol. The van der Waals surface area contributed by atoms with Crippen LogP contribution in [0.2, 0.25) is 0 Å². The van der Waals surface area contributed by atoms with E-state index in [1.807, 2.05) is 18.2 Å². The van der Waals surface area contributed by atoms with Gasteiger partial charge in [-0.1, -0.05) is 26.2 Å². The van der Waals surface area contributed by atoms with Crippen LogP contribution in [0.25, 0.3) is 0 Å². The molecule has 0 heterocycles. The predicted molar refractivity (Wildman–Crippen MR) is 44.0 cm³/mol. The minimum absolute atomic E-state index is 0. The van der Waals surface area contributed by atoms with Gasteiger partial charge in [-0.05, 0) is 0 Å². The van der Waals surface area contributed by atoms with Crippen LogP contribution < -0.4 is 0 Å². The van der Waals surface area contributed by atoms with Crippen LogP contribution in [-0.4, -0.2) is 0 Å². The summed E-state index contributed by atoms with van der Waals surface area (Å²) in [6, 6.07) is 11.2. The van der Waals surface area contributed by atoms with Crippen LogP contribution in [0.15, 0.2) is 24.3 Å². The number of rotatable bonds is 0. The maximum absolute atomic E-state index is 3.07. The van der Waals surface area contributed by atoms with Gasteiger partial charge < -0.3 is 0 Å². The van der Waals surface area contributed by atoms with E-state index in [2.05, 4.69) is 32.9 Å². The Morgan fingerprint density at radius 2 is 1.50 bits per heavy atom. The van der Waals surface area contributed by atoms with Crippen LogP contribution in [0.1, 0.15) is 26.3 Å². The number of hydrogen-bond acceptors (Lipinski definition) is 0. The van der Waals surface area contributed by atoms with E-state index in [4.69, 9.17) is 0 Å². The van der Waals surface area contributed by atoms with E-state index < -0.39 is 0 Å². The molecule has 4 heteroatoms. The number of hydrogen-bond donors (Lipinski definition) is 0. The molecule has 0 aliphatic rings. The Morgan fingerprint density at radius 1 is 1.00 bits per heavy atom. The Bertz CT molecular complexity index is 203. The van der Waals surface area contributed by atoms with Crippen molar-refractivity contribution in [2.24, 2.45) is 0 Å². The third-order valence-corrected chi connectivity index (χ3v) is 1.57. The van der Waals surface area contributed by atoms with Crippen molar-refractivity contribution in [3.8, 4) is 0 Å². The van der Waals surface area contributed by atoms with Crippen LogP contribution in [0.3, 0.4) is 0 Å². The molecule has 66 valence electrons. The molecule has 0 atom stereocenters. The van der Waals surface area contributed by atoms with Crippen molar-refractivity contribution in [1.29, 1.82) is 0 Å². The molecule has 1 aromatic carbocycles. The van der Waals surface area contributed by atoms with Gasteiger partial charge in [-0.15, -0.1) is 0 Å². The molecule has 0 aliphatic heterocycles. The summed E-state index contributed by atoms with van der Waals surface area (Å²) in [5.74, 6) is 0. The zero-order valence-electron chi connectivity index (χ0n) is 9.12. The SMILES string of the molecule is CC(C)(C)c1c[c-]ccc1.[Y].[Y].[Y].[Y]. The standard InChI is InChI=1S/C10H13.4Y/c1-10(2,3)9-7-5-4-6-8-9;;;;/h4-5,7-8H,1-3H3;;;;/q-1;;;;. The normalized spacial score (nSPS) is 8.21. The Labute approximate surface area is 188 Å². The van der Waals surface area contributed by atoms with Crippen molar-refractivity contribution in [2.75, 3.05) is 0 Å². The van der Waals surface area contributed by atoms with Gasteiger partial charge in [0, 0.05) is 131 Å². The molecule has 0 saturated carbocycles. The molecule has 0 bridgehead atoms. The summed E-state index contributed by atoms with van der Waals surface area (Å²) in [6.45, 7) is 6.61. The summed E-state index contributed by atoms with van der Waals surface area (Å²) in [5, 5.41) is 0. The molecule has 0 unspecified atom stereocenters. The minimum Gasteiger partial charge on any atom is -0.184 e. The first-order chi connectivity index (χ1) is 4.61. The average molecular weight is 489 g/mol. The summed E-state index contributed by atoms with van der Waals surface area (Å²) in [6.07, 6.45) is 0. The Balaban J connectivity index is -0.000000125. The summed E-state index contributed by atoms with van der Waals surface area (Å²) in [4.78, 5) is 0. The van der Waals surface area contributed by atoms with Gasteiger partial charge in [-0.2, -0.15) is 35.9 Å². The van der Waals surface area contributed by atoms with Crippen LogP contribution in [0.5, 0.6) is 0 Å². The molecule has 0 aromatic heterocycles. The van der Waals surface area contributed by atoms with Crippen molar-refractivity contribution in [3.63, 3.8) is 0 Å². The van der Waals surface area contributed by atoms with Gasteiger partial charge in [0.1, 0.15) is 0 Å². The summed E-state index contributed by atoms with van der Waals surface area (Å²) < 4.78 is 0. The molecule has 0 spiro atoms. The van der Waals surface area contributed by atoms with Gasteiger partial charge in [0.2, 0.25) is 0 Å². The van der Waals surface area contributed by atoms with E-state index in [1.54, 1.807) is 0 Å². The minimum atomic E-state index is 0. The Hall–Kier alpha value is 3.64. The van der Waals surface area contributed by atoms with E-state index in [0.717, 1.165) is 0 Å².